The number of aromatic nitrogens is 1. The first-order valence-electron chi connectivity index (χ1n) is 11.6. The second-order valence-corrected chi connectivity index (χ2v) is 8.44. The highest BCUT2D eigenvalue weighted by atomic mass is 16.6. The molecule has 34 heavy (non-hydrogen) atoms. The van der Waals surface area contributed by atoms with Gasteiger partial charge >= 0.3 is 5.97 Å². The number of fused-ring (bicyclic) bond motifs is 3. The molecule has 176 valence electrons. The number of ether oxygens (including phenoxy) is 3. The Kier molecular flexibility index (Phi) is 6.31. The van der Waals surface area contributed by atoms with Crippen molar-refractivity contribution in [3.8, 4) is 11.5 Å². The predicted molar refractivity (Wildman–Crippen MR) is 127 cm³/mol. The Hall–Kier alpha value is -3.65. The Labute approximate surface area is 197 Å². The summed E-state index contributed by atoms with van der Waals surface area (Å²) in [6, 6.07) is 12.7. The lowest BCUT2D eigenvalue weighted by molar-refractivity contribution is -0.119. The minimum atomic E-state index is -0.509. The zero-order valence-corrected chi connectivity index (χ0v) is 19.1. The first kappa shape index (κ1) is 22.2. The van der Waals surface area contributed by atoms with Crippen molar-refractivity contribution in [3.63, 3.8) is 0 Å². The molecule has 0 fully saturated rings. The van der Waals surface area contributed by atoms with E-state index >= 15 is 0 Å². The van der Waals surface area contributed by atoms with E-state index in [1.807, 2.05) is 24.3 Å². The van der Waals surface area contributed by atoms with E-state index in [0.717, 1.165) is 48.1 Å². The molecule has 2 aromatic carbocycles. The molecular formula is C26H27N3O5. The molecule has 0 aliphatic carbocycles. The van der Waals surface area contributed by atoms with E-state index in [9.17, 15) is 9.59 Å². The molecule has 0 saturated heterocycles. The number of benzene rings is 2. The standard InChI is InChI=1S/C26H27N3O5/c1-2-10-29-11-9-21-19(15-29)25(18-5-3-4-6-20(18)28-21)26(31)34-16-24(30)27-17-7-8-22-23(14-17)33-13-12-32-22/h3-8,14H,2,9-13,15-16H2,1H3,(H,27,30). The molecule has 5 rings (SSSR count). The van der Waals surface area contributed by atoms with Crippen molar-refractivity contribution in [2.75, 3.05) is 38.2 Å². The van der Waals surface area contributed by atoms with Crippen molar-refractivity contribution < 1.29 is 23.8 Å². The molecule has 0 radical (unpaired) electrons. The van der Waals surface area contributed by atoms with Crippen LogP contribution in [0.2, 0.25) is 0 Å². The van der Waals surface area contributed by atoms with Gasteiger partial charge in [0.05, 0.1) is 11.1 Å². The second kappa shape index (κ2) is 9.69. The monoisotopic (exact) mass is 461 g/mol. The number of nitrogens with zero attached hydrogens (tertiary/aromatic N) is 2. The largest absolute Gasteiger partial charge is 0.486 e. The van der Waals surface area contributed by atoms with Gasteiger partial charge in [-0.05, 0) is 31.2 Å². The van der Waals surface area contributed by atoms with Gasteiger partial charge in [-0.15, -0.1) is 0 Å². The summed E-state index contributed by atoms with van der Waals surface area (Å²) in [5.74, 6) is 0.282. The molecule has 0 bridgehead atoms. The molecule has 2 aliphatic rings. The molecule has 8 heteroatoms. The number of esters is 1. The smallest absolute Gasteiger partial charge is 0.339 e. The van der Waals surface area contributed by atoms with E-state index in [1.54, 1.807) is 18.2 Å². The van der Waals surface area contributed by atoms with E-state index in [2.05, 4.69) is 17.1 Å². The predicted octanol–water partition coefficient (Wildman–Crippen LogP) is 3.57. The van der Waals surface area contributed by atoms with E-state index in [-0.39, 0.29) is 0 Å². The van der Waals surface area contributed by atoms with Gasteiger partial charge < -0.3 is 19.5 Å². The normalized spacial score (nSPS) is 15.0. The topological polar surface area (TPSA) is 90.0 Å². The fourth-order valence-electron chi connectivity index (χ4n) is 4.51. The van der Waals surface area contributed by atoms with Gasteiger partial charge in [0.25, 0.3) is 5.91 Å². The molecule has 0 saturated carbocycles. The Bertz CT molecular complexity index is 1240. The number of rotatable bonds is 6. The number of pyridine rings is 1. The van der Waals surface area contributed by atoms with Gasteiger partial charge in [0, 0.05) is 47.9 Å². The van der Waals surface area contributed by atoms with Crippen LogP contribution in [0.3, 0.4) is 0 Å². The summed E-state index contributed by atoms with van der Waals surface area (Å²) in [4.78, 5) is 32.9. The van der Waals surface area contributed by atoms with Crippen LogP contribution in [-0.4, -0.2) is 54.7 Å². The highest BCUT2D eigenvalue weighted by molar-refractivity contribution is 6.06. The third kappa shape index (κ3) is 4.54. The minimum absolute atomic E-state index is 0.391. The van der Waals surface area contributed by atoms with Crippen molar-refractivity contribution in [2.45, 2.75) is 26.3 Å². The zero-order chi connectivity index (χ0) is 23.5. The molecule has 3 heterocycles. The first-order valence-corrected chi connectivity index (χ1v) is 11.6. The molecule has 3 aromatic rings. The molecule has 0 spiro atoms. The summed E-state index contributed by atoms with van der Waals surface area (Å²) in [6.07, 6.45) is 1.82. The number of carbonyl (C=O) groups excluding carboxylic acids is 2. The highest BCUT2D eigenvalue weighted by Gasteiger charge is 2.26. The maximum atomic E-state index is 13.3. The van der Waals surface area contributed by atoms with Crippen LogP contribution >= 0.6 is 0 Å². The van der Waals surface area contributed by atoms with Crippen molar-refractivity contribution in [1.82, 2.24) is 9.88 Å². The van der Waals surface area contributed by atoms with E-state index in [4.69, 9.17) is 19.2 Å². The van der Waals surface area contributed by atoms with Gasteiger partial charge in [-0.3, -0.25) is 14.7 Å². The second-order valence-electron chi connectivity index (χ2n) is 8.44. The quantitative estimate of drug-likeness (QED) is 0.561. The first-order chi connectivity index (χ1) is 16.6. The third-order valence-electron chi connectivity index (χ3n) is 6.03. The summed E-state index contributed by atoms with van der Waals surface area (Å²) in [7, 11) is 0. The Balaban J connectivity index is 1.33. The number of hydrogen-bond donors (Lipinski definition) is 1. The third-order valence-corrected chi connectivity index (χ3v) is 6.03. The molecule has 8 nitrogen and oxygen atoms in total. The zero-order valence-electron chi connectivity index (χ0n) is 19.1. The van der Waals surface area contributed by atoms with Crippen molar-refractivity contribution >= 4 is 28.5 Å². The average molecular weight is 462 g/mol. The summed E-state index contributed by atoms with van der Waals surface area (Å²) < 4.78 is 16.5. The summed E-state index contributed by atoms with van der Waals surface area (Å²) >= 11 is 0. The lowest BCUT2D eigenvalue weighted by Crippen LogP contribution is -2.33. The van der Waals surface area contributed by atoms with E-state index in [1.165, 1.54) is 0 Å². The molecule has 1 aromatic heterocycles. The summed E-state index contributed by atoms with van der Waals surface area (Å²) in [5, 5.41) is 3.50. The van der Waals surface area contributed by atoms with Gasteiger partial charge in [-0.25, -0.2) is 4.79 Å². The number of nitrogens with one attached hydrogen (secondary N) is 1. The SMILES string of the molecule is CCCN1CCc2nc3ccccc3c(C(=O)OCC(=O)Nc3ccc4c(c3)OCCO4)c2C1. The lowest BCUT2D eigenvalue weighted by Gasteiger charge is -2.29. The fourth-order valence-corrected chi connectivity index (χ4v) is 4.51. The van der Waals surface area contributed by atoms with Gasteiger partial charge in [0.15, 0.2) is 18.1 Å². The number of hydrogen-bond acceptors (Lipinski definition) is 7. The van der Waals surface area contributed by atoms with Crippen LogP contribution in [0.15, 0.2) is 42.5 Å². The van der Waals surface area contributed by atoms with Crippen LogP contribution in [0.25, 0.3) is 10.9 Å². The number of anilines is 1. The van der Waals surface area contributed by atoms with Gasteiger partial charge in [0.1, 0.15) is 13.2 Å². The Morgan fingerprint density at radius 1 is 1.12 bits per heavy atom. The van der Waals surface area contributed by atoms with Crippen LogP contribution in [0.4, 0.5) is 5.69 Å². The maximum Gasteiger partial charge on any atom is 0.339 e. The molecule has 0 atom stereocenters. The van der Waals surface area contributed by atoms with Gasteiger partial charge in [0.2, 0.25) is 0 Å². The van der Waals surface area contributed by atoms with Crippen LogP contribution in [0.5, 0.6) is 11.5 Å². The van der Waals surface area contributed by atoms with Crippen LogP contribution in [0.1, 0.15) is 35.0 Å². The molecular weight excluding hydrogens is 434 g/mol. The van der Waals surface area contributed by atoms with Crippen LogP contribution < -0.4 is 14.8 Å². The fraction of sp³-hybridized carbons (Fsp3) is 0.346. The van der Waals surface area contributed by atoms with Crippen LogP contribution in [-0.2, 0) is 22.5 Å². The lowest BCUT2D eigenvalue weighted by atomic mass is 9.95. The van der Waals surface area contributed by atoms with E-state index in [0.29, 0.717) is 42.5 Å². The van der Waals surface area contributed by atoms with Crippen molar-refractivity contribution in [1.29, 1.82) is 0 Å². The summed E-state index contributed by atoms with van der Waals surface area (Å²) in [6.45, 7) is 5.23. The van der Waals surface area contributed by atoms with Gasteiger partial charge in [-0.2, -0.15) is 0 Å². The summed E-state index contributed by atoms with van der Waals surface area (Å²) in [5.41, 5.74) is 3.65. The average Bonchev–Trinajstić information content (AvgIpc) is 2.86. The molecule has 2 aliphatic heterocycles. The molecule has 0 unspecified atom stereocenters. The highest BCUT2D eigenvalue weighted by Crippen LogP contribution is 2.33. The maximum absolute atomic E-state index is 13.3. The van der Waals surface area contributed by atoms with Gasteiger partial charge in [-0.1, -0.05) is 25.1 Å². The van der Waals surface area contributed by atoms with Crippen LogP contribution in [0, 0.1) is 0 Å². The Morgan fingerprint density at radius 2 is 1.94 bits per heavy atom. The van der Waals surface area contributed by atoms with Crippen molar-refractivity contribution in [2.24, 2.45) is 0 Å². The number of amides is 1. The number of para-hydroxylation sites is 1. The molecule has 1 N–H and O–H groups in total. The van der Waals surface area contributed by atoms with E-state index < -0.39 is 18.5 Å². The number of carbonyl (C=O) groups is 2. The molecule has 1 amide bonds. The van der Waals surface area contributed by atoms with Crippen molar-refractivity contribution in [3.05, 3.63) is 59.3 Å². The minimum Gasteiger partial charge on any atom is -0.486 e. The Morgan fingerprint density at radius 3 is 2.79 bits per heavy atom.